The fraction of sp³-hybridized carbons (Fsp3) is 0.350. The van der Waals surface area contributed by atoms with Gasteiger partial charge in [0.1, 0.15) is 16.1 Å². The maximum absolute atomic E-state index is 12.7. The summed E-state index contributed by atoms with van der Waals surface area (Å²) in [6.07, 6.45) is 2.21. The number of fused-ring (bicyclic) bond motifs is 3. The summed E-state index contributed by atoms with van der Waals surface area (Å²) in [5, 5.41) is 10.5. The average molecular weight is 384 g/mol. The maximum Gasteiger partial charge on any atom is 0.342 e. The number of carbonyl (C=O) groups is 1. The molecule has 2 aromatic heterocycles. The molecule has 0 saturated heterocycles. The molecule has 7 heteroatoms. The molecule has 140 valence electrons. The van der Waals surface area contributed by atoms with E-state index in [0.29, 0.717) is 22.0 Å². The highest BCUT2D eigenvalue weighted by Gasteiger charge is 2.25. The molecule has 2 atom stereocenters. The van der Waals surface area contributed by atoms with Crippen LogP contribution in [0.5, 0.6) is 5.75 Å². The zero-order valence-corrected chi connectivity index (χ0v) is 15.9. The van der Waals surface area contributed by atoms with E-state index in [0.717, 1.165) is 24.8 Å². The predicted octanol–water partition coefficient (Wildman–Crippen LogP) is 3.73. The number of benzene rings is 1. The Morgan fingerprint density at radius 1 is 1.41 bits per heavy atom. The Labute approximate surface area is 159 Å². The first kappa shape index (κ1) is 17.7. The van der Waals surface area contributed by atoms with E-state index in [2.05, 4.69) is 16.9 Å². The van der Waals surface area contributed by atoms with Crippen molar-refractivity contribution < 1.29 is 14.6 Å². The van der Waals surface area contributed by atoms with Crippen molar-refractivity contribution in [3.05, 3.63) is 56.4 Å². The Morgan fingerprint density at radius 2 is 2.19 bits per heavy atom. The van der Waals surface area contributed by atoms with E-state index < -0.39 is 12.1 Å². The number of aromatic amines is 1. The lowest BCUT2D eigenvalue weighted by Crippen LogP contribution is -2.18. The van der Waals surface area contributed by atoms with Gasteiger partial charge < -0.3 is 14.8 Å². The zero-order chi connectivity index (χ0) is 19.1. The van der Waals surface area contributed by atoms with Gasteiger partial charge in [-0.2, -0.15) is 0 Å². The summed E-state index contributed by atoms with van der Waals surface area (Å²) in [7, 11) is 0. The predicted molar refractivity (Wildman–Crippen MR) is 103 cm³/mol. The number of hydrogen-bond donors (Lipinski definition) is 2. The van der Waals surface area contributed by atoms with Crippen molar-refractivity contribution in [3.8, 4) is 5.75 Å². The van der Waals surface area contributed by atoms with Crippen molar-refractivity contribution in [3.63, 3.8) is 0 Å². The molecule has 0 bridgehead atoms. The van der Waals surface area contributed by atoms with Crippen LogP contribution in [-0.2, 0) is 17.6 Å². The third-order valence-electron chi connectivity index (χ3n) is 4.98. The molecule has 27 heavy (non-hydrogen) atoms. The van der Waals surface area contributed by atoms with Crippen LogP contribution < -0.4 is 5.56 Å². The number of aromatic nitrogens is 2. The molecule has 0 fully saturated rings. The summed E-state index contributed by atoms with van der Waals surface area (Å²) in [6, 6.07) is 6.18. The standard InChI is InChI=1S/C20H20N2O4S/c1-10-7-8-13-15(9-10)27-19-16(13)18(24)21-17(22-19)11(2)26-20(25)12-5-3-4-6-14(12)23/h3-6,10-11,23H,7-9H2,1-2H3,(H,21,22,24)/t10-,11+/m1/s1. The summed E-state index contributed by atoms with van der Waals surface area (Å²) in [5.41, 5.74) is 1.01. The molecule has 0 spiro atoms. The van der Waals surface area contributed by atoms with Gasteiger partial charge in [-0.25, -0.2) is 9.78 Å². The van der Waals surface area contributed by atoms with Gasteiger partial charge in [0.15, 0.2) is 11.9 Å². The second kappa shape index (κ2) is 6.81. The van der Waals surface area contributed by atoms with E-state index >= 15 is 0 Å². The molecule has 2 heterocycles. The van der Waals surface area contributed by atoms with Crippen LogP contribution in [0.15, 0.2) is 29.1 Å². The number of aryl methyl sites for hydroxylation is 1. The molecule has 4 rings (SSSR count). The van der Waals surface area contributed by atoms with Crippen molar-refractivity contribution in [1.82, 2.24) is 9.97 Å². The van der Waals surface area contributed by atoms with Crippen molar-refractivity contribution in [2.45, 2.75) is 39.2 Å². The molecule has 3 aromatic rings. The van der Waals surface area contributed by atoms with Crippen LogP contribution in [0.25, 0.3) is 10.2 Å². The fourth-order valence-electron chi connectivity index (χ4n) is 3.48. The number of thiophene rings is 1. The topological polar surface area (TPSA) is 92.3 Å². The number of hydrogen-bond acceptors (Lipinski definition) is 6. The van der Waals surface area contributed by atoms with Gasteiger partial charge in [-0.3, -0.25) is 4.79 Å². The quantitative estimate of drug-likeness (QED) is 0.671. The Balaban J connectivity index is 1.65. The molecule has 1 aliphatic rings. The van der Waals surface area contributed by atoms with E-state index in [4.69, 9.17) is 4.74 Å². The Hall–Kier alpha value is -2.67. The third kappa shape index (κ3) is 3.23. The molecular formula is C20H20N2O4S. The van der Waals surface area contributed by atoms with E-state index in [9.17, 15) is 14.7 Å². The van der Waals surface area contributed by atoms with Crippen molar-refractivity contribution >= 4 is 27.5 Å². The average Bonchev–Trinajstić information content (AvgIpc) is 2.99. The molecule has 0 unspecified atom stereocenters. The second-order valence-electron chi connectivity index (χ2n) is 7.05. The number of rotatable bonds is 3. The van der Waals surface area contributed by atoms with Gasteiger partial charge in [0.05, 0.1) is 5.39 Å². The highest BCUT2D eigenvalue weighted by atomic mass is 32.1. The van der Waals surface area contributed by atoms with Gasteiger partial charge in [0.25, 0.3) is 5.56 Å². The van der Waals surface area contributed by atoms with Gasteiger partial charge in [0, 0.05) is 4.88 Å². The van der Waals surface area contributed by atoms with Crippen LogP contribution >= 0.6 is 11.3 Å². The van der Waals surface area contributed by atoms with Gasteiger partial charge >= 0.3 is 5.97 Å². The minimum Gasteiger partial charge on any atom is -0.507 e. The maximum atomic E-state index is 12.7. The minimum absolute atomic E-state index is 0.0772. The number of nitrogens with zero attached hydrogens (tertiary/aromatic N) is 1. The lowest BCUT2D eigenvalue weighted by molar-refractivity contribution is 0.0317. The van der Waals surface area contributed by atoms with Gasteiger partial charge in [-0.1, -0.05) is 19.1 Å². The molecule has 0 aliphatic heterocycles. The smallest absolute Gasteiger partial charge is 0.342 e. The fourth-order valence-corrected chi connectivity index (χ4v) is 4.87. The van der Waals surface area contributed by atoms with E-state index in [1.54, 1.807) is 30.4 Å². The molecule has 0 amide bonds. The van der Waals surface area contributed by atoms with Gasteiger partial charge in [0.2, 0.25) is 0 Å². The summed E-state index contributed by atoms with van der Waals surface area (Å²) in [4.78, 5) is 34.2. The molecule has 0 radical (unpaired) electrons. The van der Waals surface area contributed by atoms with Gasteiger partial charge in [-0.15, -0.1) is 11.3 Å². The summed E-state index contributed by atoms with van der Waals surface area (Å²) < 4.78 is 5.40. The number of aromatic hydroxyl groups is 1. The van der Waals surface area contributed by atoms with Crippen LogP contribution in [0.1, 0.15) is 53.0 Å². The van der Waals surface area contributed by atoms with Crippen LogP contribution in [0.3, 0.4) is 0 Å². The lowest BCUT2D eigenvalue weighted by Gasteiger charge is -2.17. The molecule has 1 aliphatic carbocycles. The number of nitrogens with one attached hydrogen (secondary N) is 1. The van der Waals surface area contributed by atoms with E-state index in [1.807, 2.05) is 0 Å². The minimum atomic E-state index is -0.743. The lowest BCUT2D eigenvalue weighted by atomic mass is 9.89. The number of phenols is 1. The molecular weight excluding hydrogens is 364 g/mol. The Morgan fingerprint density at radius 3 is 2.96 bits per heavy atom. The first-order chi connectivity index (χ1) is 12.9. The Bertz CT molecular complexity index is 1090. The van der Waals surface area contributed by atoms with Gasteiger partial charge in [-0.05, 0) is 49.8 Å². The molecule has 1 aromatic carbocycles. The first-order valence-corrected chi connectivity index (χ1v) is 9.79. The number of H-pyrrole nitrogens is 1. The first-order valence-electron chi connectivity index (χ1n) is 8.97. The number of phenolic OH excluding ortho intramolecular Hbond substituents is 1. The normalized spacial score (nSPS) is 17.5. The molecule has 6 nitrogen and oxygen atoms in total. The molecule has 0 saturated carbocycles. The number of ether oxygens (including phenoxy) is 1. The van der Waals surface area contributed by atoms with E-state index in [-0.39, 0.29) is 16.9 Å². The number of para-hydroxylation sites is 1. The monoisotopic (exact) mass is 384 g/mol. The SMILES string of the molecule is C[C@@H]1CCc2c(sc3nc([C@H](C)OC(=O)c4ccccc4O)[nH]c(=O)c23)C1. The highest BCUT2D eigenvalue weighted by Crippen LogP contribution is 2.36. The Kier molecular flexibility index (Phi) is 4.47. The second-order valence-corrected chi connectivity index (χ2v) is 8.13. The van der Waals surface area contributed by atoms with Crippen molar-refractivity contribution in [2.75, 3.05) is 0 Å². The van der Waals surface area contributed by atoms with Crippen LogP contribution in [-0.4, -0.2) is 21.0 Å². The summed E-state index contributed by atoms with van der Waals surface area (Å²) >= 11 is 1.56. The van der Waals surface area contributed by atoms with E-state index in [1.165, 1.54) is 17.0 Å². The summed E-state index contributed by atoms with van der Waals surface area (Å²) in [6.45, 7) is 3.87. The molecule has 2 N–H and O–H groups in total. The van der Waals surface area contributed by atoms with Crippen LogP contribution in [0.4, 0.5) is 0 Å². The summed E-state index contributed by atoms with van der Waals surface area (Å²) in [5.74, 6) is 0.111. The largest absolute Gasteiger partial charge is 0.507 e. The highest BCUT2D eigenvalue weighted by molar-refractivity contribution is 7.18. The number of carbonyl (C=O) groups excluding carboxylic acids is 1. The zero-order valence-electron chi connectivity index (χ0n) is 15.1. The van der Waals surface area contributed by atoms with Crippen LogP contribution in [0, 0.1) is 5.92 Å². The number of esters is 1. The third-order valence-corrected chi connectivity index (χ3v) is 6.12. The van der Waals surface area contributed by atoms with Crippen molar-refractivity contribution in [1.29, 1.82) is 0 Å². The van der Waals surface area contributed by atoms with Crippen molar-refractivity contribution in [2.24, 2.45) is 5.92 Å². The van der Waals surface area contributed by atoms with Crippen LogP contribution in [0.2, 0.25) is 0 Å².